The van der Waals surface area contributed by atoms with Crippen LogP contribution in [0.2, 0.25) is 0 Å². The van der Waals surface area contributed by atoms with E-state index in [1.54, 1.807) is 6.07 Å². The number of hydrazine groups is 1. The Kier molecular flexibility index (Phi) is 8.71. The van der Waals surface area contributed by atoms with Crippen molar-refractivity contribution in [2.75, 3.05) is 26.3 Å². The van der Waals surface area contributed by atoms with Crippen LogP contribution < -0.4 is 11.2 Å². The Labute approximate surface area is 125 Å². The lowest BCUT2D eigenvalue weighted by molar-refractivity contribution is 0.0126. The molecule has 0 radical (unpaired) electrons. The zero-order valence-electron chi connectivity index (χ0n) is 10.5. The number of hydrogen-bond donors (Lipinski definition) is 2. The SMILES string of the molecule is Cl.Cl.NCc1cccc(C(=O)NN2CCOCC2)c1. The van der Waals surface area contributed by atoms with Gasteiger partial charge < -0.3 is 10.5 Å². The van der Waals surface area contributed by atoms with Crippen molar-refractivity contribution in [3.63, 3.8) is 0 Å². The van der Waals surface area contributed by atoms with Crippen LogP contribution in [0.25, 0.3) is 0 Å². The van der Waals surface area contributed by atoms with Crippen molar-refractivity contribution in [2.24, 2.45) is 5.73 Å². The van der Waals surface area contributed by atoms with E-state index in [0.717, 1.165) is 18.7 Å². The highest BCUT2D eigenvalue weighted by Gasteiger charge is 2.14. The highest BCUT2D eigenvalue weighted by atomic mass is 35.5. The zero-order valence-corrected chi connectivity index (χ0v) is 12.1. The molecule has 0 bridgehead atoms. The molecular formula is C12H19Cl2N3O2. The first-order chi connectivity index (χ1) is 8.29. The summed E-state index contributed by atoms with van der Waals surface area (Å²) in [6, 6.07) is 7.35. The average Bonchev–Trinajstić information content (AvgIpc) is 2.40. The standard InChI is InChI=1S/C12H17N3O2.2ClH/c13-9-10-2-1-3-11(8-10)12(16)14-15-4-6-17-7-5-15;;/h1-3,8H,4-7,9,13H2,(H,14,16);2*1H. The van der Waals surface area contributed by atoms with E-state index < -0.39 is 0 Å². The topological polar surface area (TPSA) is 67.6 Å². The van der Waals surface area contributed by atoms with E-state index in [4.69, 9.17) is 10.5 Å². The molecule has 7 heteroatoms. The number of halogens is 2. The zero-order chi connectivity index (χ0) is 12.1. The Morgan fingerprint density at radius 3 is 2.63 bits per heavy atom. The number of nitrogens with zero attached hydrogens (tertiary/aromatic N) is 1. The first-order valence-electron chi connectivity index (χ1n) is 5.72. The predicted octanol–water partition coefficient (Wildman–Crippen LogP) is 0.966. The van der Waals surface area contributed by atoms with Gasteiger partial charge in [0.25, 0.3) is 5.91 Å². The van der Waals surface area contributed by atoms with Gasteiger partial charge in [-0.3, -0.25) is 10.2 Å². The van der Waals surface area contributed by atoms with Crippen molar-refractivity contribution in [1.82, 2.24) is 10.4 Å². The van der Waals surface area contributed by atoms with E-state index in [0.29, 0.717) is 25.3 Å². The molecule has 1 fully saturated rings. The summed E-state index contributed by atoms with van der Waals surface area (Å²) in [6.07, 6.45) is 0. The second-order valence-corrected chi connectivity index (χ2v) is 3.94. The summed E-state index contributed by atoms with van der Waals surface area (Å²) < 4.78 is 5.21. The Bertz CT molecular complexity index is 398. The monoisotopic (exact) mass is 307 g/mol. The highest BCUT2D eigenvalue weighted by molar-refractivity contribution is 5.94. The summed E-state index contributed by atoms with van der Waals surface area (Å²) in [5, 5.41) is 1.88. The van der Waals surface area contributed by atoms with Crippen LogP contribution >= 0.6 is 24.8 Å². The van der Waals surface area contributed by atoms with Crippen molar-refractivity contribution >= 4 is 30.7 Å². The van der Waals surface area contributed by atoms with E-state index in [1.807, 2.05) is 23.2 Å². The van der Waals surface area contributed by atoms with Crippen molar-refractivity contribution in [1.29, 1.82) is 0 Å². The molecule has 1 aromatic rings. The normalized spacial score (nSPS) is 15.0. The van der Waals surface area contributed by atoms with Gasteiger partial charge in [-0.05, 0) is 17.7 Å². The molecule has 0 spiro atoms. The van der Waals surface area contributed by atoms with E-state index >= 15 is 0 Å². The van der Waals surface area contributed by atoms with Crippen molar-refractivity contribution in [2.45, 2.75) is 6.54 Å². The third-order valence-electron chi connectivity index (χ3n) is 2.70. The summed E-state index contributed by atoms with van der Waals surface area (Å²) in [7, 11) is 0. The third kappa shape index (κ3) is 5.34. The van der Waals surface area contributed by atoms with Gasteiger partial charge >= 0.3 is 0 Å². The summed E-state index contributed by atoms with van der Waals surface area (Å²) in [6.45, 7) is 3.20. The number of amides is 1. The quantitative estimate of drug-likeness (QED) is 0.873. The summed E-state index contributed by atoms with van der Waals surface area (Å²) >= 11 is 0. The third-order valence-corrected chi connectivity index (χ3v) is 2.70. The molecule has 5 nitrogen and oxygen atoms in total. The Morgan fingerprint density at radius 2 is 2.00 bits per heavy atom. The van der Waals surface area contributed by atoms with Crippen LogP contribution in [0.1, 0.15) is 15.9 Å². The molecular weight excluding hydrogens is 289 g/mol. The smallest absolute Gasteiger partial charge is 0.265 e. The van der Waals surface area contributed by atoms with Gasteiger partial charge in [0.2, 0.25) is 0 Å². The number of carbonyl (C=O) groups excluding carboxylic acids is 1. The maximum atomic E-state index is 11.9. The second kappa shape index (κ2) is 9.12. The minimum Gasteiger partial charge on any atom is -0.379 e. The fraction of sp³-hybridized carbons (Fsp3) is 0.417. The van der Waals surface area contributed by atoms with Crippen LogP contribution in [-0.4, -0.2) is 37.2 Å². The van der Waals surface area contributed by atoms with Crippen LogP contribution in [0, 0.1) is 0 Å². The van der Waals surface area contributed by atoms with Gasteiger partial charge in [0.15, 0.2) is 0 Å². The molecule has 0 saturated carbocycles. The number of carbonyl (C=O) groups is 1. The summed E-state index contributed by atoms with van der Waals surface area (Å²) in [5.74, 6) is -0.0952. The molecule has 0 atom stereocenters. The molecule has 0 aromatic heterocycles. The number of hydrogen-bond acceptors (Lipinski definition) is 4. The number of ether oxygens (including phenoxy) is 1. The second-order valence-electron chi connectivity index (χ2n) is 3.94. The Morgan fingerprint density at radius 1 is 1.32 bits per heavy atom. The number of nitrogens with one attached hydrogen (secondary N) is 1. The number of rotatable bonds is 3. The molecule has 1 amide bonds. The first kappa shape index (κ1) is 18.1. The molecule has 1 aromatic carbocycles. The molecule has 1 heterocycles. The first-order valence-corrected chi connectivity index (χ1v) is 5.72. The fourth-order valence-electron chi connectivity index (χ4n) is 1.72. The number of benzene rings is 1. The van der Waals surface area contributed by atoms with Crippen LogP contribution in [0.4, 0.5) is 0 Å². The molecule has 3 N–H and O–H groups in total. The minimum atomic E-state index is -0.0952. The molecule has 108 valence electrons. The van der Waals surface area contributed by atoms with Crippen molar-refractivity contribution in [3.8, 4) is 0 Å². The van der Waals surface area contributed by atoms with Crippen molar-refractivity contribution in [3.05, 3.63) is 35.4 Å². The fourth-order valence-corrected chi connectivity index (χ4v) is 1.72. The Hall–Kier alpha value is -0.850. The largest absolute Gasteiger partial charge is 0.379 e. The lowest BCUT2D eigenvalue weighted by Gasteiger charge is -2.26. The molecule has 0 aliphatic carbocycles. The van der Waals surface area contributed by atoms with Gasteiger partial charge in [0.05, 0.1) is 13.2 Å². The summed E-state index contributed by atoms with van der Waals surface area (Å²) in [4.78, 5) is 11.9. The minimum absolute atomic E-state index is 0. The lowest BCUT2D eigenvalue weighted by Crippen LogP contribution is -2.48. The van der Waals surface area contributed by atoms with E-state index in [1.165, 1.54) is 0 Å². The summed E-state index contributed by atoms with van der Waals surface area (Å²) in [5.41, 5.74) is 10.0. The van der Waals surface area contributed by atoms with Gasteiger partial charge in [-0.15, -0.1) is 24.8 Å². The average molecular weight is 308 g/mol. The molecule has 1 aliphatic rings. The molecule has 2 rings (SSSR count). The van der Waals surface area contributed by atoms with Crippen LogP contribution in [-0.2, 0) is 11.3 Å². The van der Waals surface area contributed by atoms with Crippen LogP contribution in [0.15, 0.2) is 24.3 Å². The van der Waals surface area contributed by atoms with Gasteiger partial charge in [-0.25, -0.2) is 5.01 Å². The van der Waals surface area contributed by atoms with Crippen LogP contribution in [0.3, 0.4) is 0 Å². The lowest BCUT2D eigenvalue weighted by atomic mass is 10.1. The van der Waals surface area contributed by atoms with Gasteiger partial charge in [0, 0.05) is 25.2 Å². The molecule has 0 unspecified atom stereocenters. The maximum absolute atomic E-state index is 11.9. The molecule has 1 saturated heterocycles. The maximum Gasteiger partial charge on any atom is 0.265 e. The predicted molar refractivity (Wildman–Crippen MR) is 78.7 cm³/mol. The van der Waals surface area contributed by atoms with Crippen molar-refractivity contribution < 1.29 is 9.53 Å². The van der Waals surface area contributed by atoms with Crippen LogP contribution in [0.5, 0.6) is 0 Å². The van der Waals surface area contributed by atoms with Gasteiger partial charge in [-0.1, -0.05) is 12.1 Å². The highest BCUT2D eigenvalue weighted by Crippen LogP contribution is 2.05. The van der Waals surface area contributed by atoms with Gasteiger partial charge in [0.1, 0.15) is 0 Å². The number of nitrogens with two attached hydrogens (primary N) is 1. The van der Waals surface area contributed by atoms with E-state index in [-0.39, 0.29) is 30.7 Å². The van der Waals surface area contributed by atoms with E-state index in [2.05, 4.69) is 5.43 Å². The number of morpholine rings is 1. The van der Waals surface area contributed by atoms with Gasteiger partial charge in [-0.2, -0.15) is 0 Å². The molecule has 1 aliphatic heterocycles. The molecule has 19 heavy (non-hydrogen) atoms. The Balaban J connectivity index is 0.00000162. The van der Waals surface area contributed by atoms with E-state index in [9.17, 15) is 4.79 Å².